The minimum absolute atomic E-state index is 0.201. The Morgan fingerprint density at radius 2 is 2.00 bits per heavy atom. The third-order valence-electron chi connectivity index (χ3n) is 5.69. The summed E-state index contributed by atoms with van der Waals surface area (Å²) in [7, 11) is 0. The minimum atomic E-state index is 0.201. The van der Waals surface area contributed by atoms with Crippen LogP contribution in [0.4, 0.5) is 0 Å². The fraction of sp³-hybridized carbons (Fsp3) is 0.944. The maximum Gasteiger partial charge on any atom is 0.227 e. The van der Waals surface area contributed by atoms with Gasteiger partial charge in [0.15, 0.2) is 0 Å². The number of piperazine rings is 1. The molecule has 3 saturated heterocycles. The first-order valence-corrected chi connectivity index (χ1v) is 9.71. The molecule has 2 unspecified atom stereocenters. The summed E-state index contributed by atoms with van der Waals surface area (Å²) in [5.41, 5.74) is 0. The first-order chi connectivity index (χ1) is 11.6. The summed E-state index contributed by atoms with van der Waals surface area (Å²) < 4.78 is 5.96. The zero-order chi connectivity index (χ0) is 16.9. The van der Waals surface area contributed by atoms with E-state index in [1.165, 1.54) is 0 Å². The molecule has 3 aliphatic rings. The van der Waals surface area contributed by atoms with Crippen LogP contribution >= 0.6 is 0 Å². The molecule has 138 valence electrons. The van der Waals surface area contributed by atoms with Crippen molar-refractivity contribution in [3.63, 3.8) is 0 Å². The topological polar surface area (TPSA) is 48.1 Å². The van der Waals surface area contributed by atoms with Gasteiger partial charge < -0.3 is 15.0 Å². The highest BCUT2D eigenvalue weighted by Crippen LogP contribution is 2.16. The molecule has 2 atom stereocenters. The highest BCUT2D eigenvalue weighted by atomic mass is 16.5. The Morgan fingerprint density at radius 3 is 2.67 bits per heavy atom. The van der Waals surface area contributed by atoms with Gasteiger partial charge in [-0.3, -0.25) is 14.6 Å². The Kier molecular flexibility index (Phi) is 6.49. The summed E-state index contributed by atoms with van der Waals surface area (Å²) in [6.45, 7) is 14.1. The van der Waals surface area contributed by atoms with E-state index >= 15 is 0 Å². The van der Waals surface area contributed by atoms with Crippen LogP contribution in [0, 0.1) is 5.92 Å². The molecule has 3 rings (SSSR count). The molecule has 0 aromatic rings. The van der Waals surface area contributed by atoms with Gasteiger partial charge >= 0.3 is 0 Å². The normalized spacial score (nSPS) is 30.7. The van der Waals surface area contributed by atoms with Gasteiger partial charge in [-0.15, -0.1) is 0 Å². The summed E-state index contributed by atoms with van der Waals surface area (Å²) >= 11 is 0. The van der Waals surface area contributed by atoms with Gasteiger partial charge in [0.25, 0.3) is 0 Å². The van der Waals surface area contributed by atoms with Gasteiger partial charge in [-0.25, -0.2) is 0 Å². The molecule has 1 N–H and O–H groups in total. The summed E-state index contributed by atoms with van der Waals surface area (Å²) in [4.78, 5) is 19.7. The molecule has 0 saturated carbocycles. The highest BCUT2D eigenvalue weighted by Gasteiger charge is 2.30. The average molecular weight is 338 g/mol. The van der Waals surface area contributed by atoms with Crippen molar-refractivity contribution in [3.8, 4) is 0 Å². The molecular formula is C18H34N4O2. The predicted molar refractivity (Wildman–Crippen MR) is 95.1 cm³/mol. The first kappa shape index (κ1) is 18.1. The van der Waals surface area contributed by atoms with Gasteiger partial charge in [0.1, 0.15) is 0 Å². The largest absolute Gasteiger partial charge is 0.374 e. The number of hydrogen-bond acceptors (Lipinski definition) is 5. The Labute approximate surface area is 146 Å². The second-order valence-electron chi connectivity index (χ2n) is 7.75. The molecule has 3 fully saturated rings. The van der Waals surface area contributed by atoms with Crippen LogP contribution in [0.2, 0.25) is 0 Å². The number of nitrogens with one attached hydrogen (secondary N) is 1. The lowest BCUT2D eigenvalue weighted by Gasteiger charge is -2.41. The molecule has 0 aliphatic carbocycles. The smallest absolute Gasteiger partial charge is 0.227 e. The van der Waals surface area contributed by atoms with Crippen molar-refractivity contribution in [2.75, 3.05) is 65.5 Å². The third-order valence-corrected chi connectivity index (χ3v) is 5.69. The van der Waals surface area contributed by atoms with E-state index in [1.807, 2.05) is 0 Å². The number of hydrogen-bond donors (Lipinski definition) is 1. The van der Waals surface area contributed by atoms with E-state index in [-0.39, 0.29) is 5.92 Å². The molecule has 3 aliphatic heterocycles. The second-order valence-corrected chi connectivity index (χ2v) is 7.75. The van der Waals surface area contributed by atoms with Crippen molar-refractivity contribution in [2.24, 2.45) is 5.92 Å². The number of carbonyl (C=O) groups excluding carboxylic acids is 1. The predicted octanol–water partition coefficient (Wildman–Crippen LogP) is 0.239. The van der Waals surface area contributed by atoms with Gasteiger partial charge in [-0.1, -0.05) is 0 Å². The molecular weight excluding hydrogens is 304 g/mol. The molecule has 0 spiro atoms. The third kappa shape index (κ3) is 4.69. The zero-order valence-electron chi connectivity index (χ0n) is 15.4. The van der Waals surface area contributed by atoms with Crippen molar-refractivity contribution < 1.29 is 9.53 Å². The number of nitrogens with zero attached hydrogens (tertiary/aromatic N) is 3. The Hall–Kier alpha value is -0.690. The van der Waals surface area contributed by atoms with E-state index in [1.54, 1.807) is 0 Å². The quantitative estimate of drug-likeness (QED) is 0.796. The number of morpholine rings is 1. The summed E-state index contributed by atoms with van der Waals surface area (Å²) in [6.07, 6.45) is 2.49. The van der Waals surface area contributed by atoms with Crippen LogP contribution in [0.3, 0.4) is 0 Å². The summed E-state index contributed by atoms with van der Waals surface area (Å²) in [5, 5.41) is 3.35. The second kappa shape index (κ2) is 8.61. The summed E-state index contributed by atoms with van der Waals surface area (Å²) in [6, 6.07) is 0.593. The van der Waals surface area contributed by atoms with Gasteiger partial charge in [0.2, 0.25) is 5.91 Å². The van der Waals surface area contributed by atoms with Crippen LogP contribution in [0.5, 0.6) is 0 Å². The number of carbonyl (C=O) groups is 1. The van der Waals surface area contributed by atoms with Gasteiger partial charge in [0, 0.05) is 58.4 Å². The number of rotatable bonds is 4. The maximum atomic E-state index is 12.6. The fourth-order valence-corrected chi connectivity index (χ4v) is 4.08. The fourth-order valence-electron chi connectivity index (χ4n) is 4.08. The molecule has 6 heteroatoms. The van der Waals surface area contributed by atoms with Crippen molar-refractivity contribution in [3.05, 3.63) is 0 Å². The Bertz CT molecular complexity index is 404. The Morgan fingerprint density at radius 1 is 1.21 bits per heavy atom. The van der Waals surface area contributed by atoms with Crippen LogP contribution in [-0.4, -0.2) is 98.3 Å². The van der Waals surface area contributed by atoms with Crippen molar-refractivity contribution in [1.82, 2.24) is 20.0 Å². The minimum Gasteiger partial charge on any atom is -0.374 e. The molecule has 0 aromatic carbocycles. The first-order valence-electron chi connectivity index (χ1n) is 9.71. The maximum absolute atomic E-state index is 12.6. The zero-order valence-corrected chi connectivity index (χ0v) is 15.4. The number of ether oxygens (including phenoxy) is 1. The van der Waals surface area contributed by atoms with E-state index in [2.05, 4.69) is 33.9 Å². The molecule has 6 nitrogen and oxygen atoms in total. The van der Waals surface area contributed by atoms with E-state index in [0.717, 1.165) is 78.4 Å². The van der Waals surface area contributed by atoms with Gasteiger partial charge in [0.05, 0.1) is 18.6 Å². The SMILES string of the molecule is CC(C)N1CCOC(CN2CCN(C(=O)C3CCCNC3)CC2)C1. The monoisotopic (exact) mass is 338 g/mol. The van der Waals surface area contributed by atoms with Crippen molar-refractivity contribution in [1.29, 1.82) is 0 Å². The van der Waals surface area contributed by atoms with E-state index < -0.39 is 0 Å². The molecule has 24 heavy (non-hydrogen) atoms. The van der Waals surface area contributed by atoms with Crippen LogP contribution in [0.1, 0.15) is 26.7 Å². The van der Waals surface area contributed by atoms with Gasteiger partial charge in [-0.2, -0.15) is 0 Å². The average Bonchev–Trinajstić information content (AvgIpc) is 2.63. The van der Waals surface area contributed by atoms with Crippen LogP contribution in [0.15, 0.2) is 0 Å². The lowest BCUT2D eigenvalue weighted by atomic mass is 9.98. The van der Waals surface area contributed by atoms with Crippen molar-refractivity contribution >= 4 is 5.91 Å². The molecule has 1 amide bonds. The molecule has 0 bridgehead atoms. The molecule has 0 aromatic heterocycles. The van der Waals surface area contributed by atoms with Gasteiger partial charge in [-0.05, 0) is 33.2 Å². The van der Waals surface area contributed by atoms with E-state index in [0.29, 0.717) is 18.1 Å². The lowest BCUT2D eigenvalue weighted by molar-refractivity contribution is -0.138. The molecule has 3 heterocycles. The molecule has 0 radical (unpaired) electrons. The Balaban J connectivity index is 1.41. The summed E-state index contributed by atoms with van der Waals surface area (Å²) in [5.74, 6) is 0.563. The van der Waals surface area contributed by atoms with Crippen LogP contribution in [0.25, 0.3) is 0 Å². The number of piperidine rings is 1. The van der Waals surface area contributed by atoms with Crippen LogP contribution in [-0.2, 0) is 9.53 Å². The highest BCUT2D eigenvalue weighted by molar-refractivity contribution is 5.79. The van der Waals surface area contributed by atoms with Crippen LogP contribution < -0.4 is 5.32 Å². The van der Waals surface area contributed by atoms with E-state index in [4.69, 9.17) is 4.74 Å². The lowest BCUT2D eigenvalue weighted by Crippen LogP contribution is -2.55. The van der Waals surface area contributed by atoms with Crippen molar-refractivity contribution in [2.45, 2.75) is 38.8 Å². The standard InChI is InChI=1S/C18H34N4O2/c1-15(2)22-10-11-24-17(14-22)13-20-6-8-21(9-7-20)18(23)16-4-3-5-19-12-16/h15-17,19H,3-14H2,1-2H3. The van der Waals surface area contributed by atoms with E-state index in [9.17, 15) is 4.79 Å². The number of amides is 1.